The van der Waals surface area contributed by atoms with Crippen LogP contribution in [0.15, 0.2) is 24.5 Å². The molecule has 1 amide bonds. The van der Waals surface area contributed by atoms with E-state index in [1.165, 1.54) is 31.4 Å². The molecule has 2 aliphatic rings. The van der Waals surface area contributed by atoms with E-state index in [2.05, 4.69) is 9.88 Å². The zero-order valence-corrected chi connectivity index (χ0v) is 12.7. The molecule has 0 atom stereocenters. The molecule has 0 aromatic carbocycles. The van der Waals surface area contributed by atoms with Gasteiger partial charge in [0.2, 0.25) is 5.91 Å². The highest BCUT2D eigenvalue weighted by Gasteiger charge is 2.22. The third-order valence-corrected chi connectivity index (χ3v) is 4.90. The number of carbonyl (C=O) groups excluding carboxylic acids is 1. The molecule has 21 heavy (non-hydrogen) atoms. The van der Waals surface area contributed by atoms with Gasteiger partial charge in [0, 0.05) is 50.7 Å². The average molecular weight is 287 g/mol. The van der Waals surface area contributed by atoms with Crippen molar-refractivity contribution in [1.29, 1.82) is 0 Å². The van der Waals surface area contributed by atoms with Crippen LogP contribution in [0, 0.1) is 5.92 Å². The Morgan fingerprint density at radius 3 is 2.43 bits per heavy atom. The summed E-state index contributed by atoms with van der Waals surface area (Å²) in [5.74, 6) is 1.17. The molecule has 0 N–H and O–H groups in total. The summed E-state index contributed by atoms with van der Waals surface area (Å²) in [6.07, 6.45) is 10.9. The van der Waals surface area contributed by atoms with E-state index >= 15 is 0 Å². The fourth-order valence-corrected chi connectivity index (χ4v) is 3.55. The maximum Gasteiger partial charge on any atom is 0.222 e. The van der Waals surface area contributed by atoms with Crippen LogP contribution in [0.4, 0.5) is 5.69 Å². The zero-order chi connectivity index (χ0) is 14.5. The van der Waals surface area contributed by atoms with Crippen molar-refractivity contribution in [1.82, 2.24) is 9.88 Å². The van der Waals surface area contributed by atoms with Gasteiger partial charge in [0.25, 0.3) is 0 Å². The van der Waals surface area contributed by atoms with Gasteiger partial charge in [-0.1, -0.05) is 25.7 Å². The van der Waals surface area contributed by atoms with Crippen LogP contribution in [0.5, 0.6) is 0 Å². The van der Waals surface area contributed by atoms with Gasteiger partial charge in [-0.2, -0.15) is 0 Å². The van der Waals surface area contributed by atoms with Crippen molar-refractivity contribution in [2.45, 2.75) is 38.5 Å². The van der Waals surface area contributed by atoms with Crippen LogP contribution in [-0.4, -0.2) is 42.0 Å². The number of rotatable bonds is 4. The number of anilines is 1. The van der Waals surface area contributed by atoms with Gasteiger partial charge in [-0.25, -0.2) is 0 Å². The van der Waals surface area contributed by atoms with Crippen LogP contribution < -0.4 is 4.90 Å². The minimum atomic E-state index is 0.358. The Kier molecular flexibility index (Phi) is 4.73. The number of hydrogen-bond acceptors (Lipinski definition) is 3. The van der Waals surface area contributed by atoms with Crippen molar-refractivity contribution in [2.24, 2.45) is 5.92 Å². The van der Waals surface area contributed by atoms with Crippen molar-refractivity contribution >= 4 is 11.6 Å². The van der Waals surface area contributed by atoms with Crippen LogP contribution in [0.1, 0.15) is 38.5 Å². The van der Waals surface area contributed by atoms with Crippen LogP contribution in [0.3, 0.4) is 0 Å². The third-order valence-electron chi connectivity index (χ3n) is 4.90. The second-order valence-corrected chi connectivity index (χ2v) is 6.26. The first kappa shape index (κ1) is 14.4. The Balaban J connectivity index is 1.43. The predicted molar refractivity (Wildman–Crippen MR) is 84.2 cm³/mol. The van der Waals surface area contributed by atoms with Crippen molar-refractivity contribution in [2.75, 3.05) is 31.1 Å². The molecule has 1 saturated heterocycles. The number of nitrogens with zero attached hydrogens (tertiary/aromatic N) is 3. The second kappa shape index (κ2) is 6.92. The zero-order valence-electron chi connectivity index (χ0n) is 12.7. The molecule has 1 aromatic heterocycles. The molecule has 114 valence electrons. The lowest BCUT2D eigenvalue weighted by Gasteiger charge is -2.36. The summed E-state index contributed by atoms with van der Waals surface area (Å²) in [7, 11) is 0. The Morgan fingerprint density at radius 2 is 1.76 bits per heavy atom. The molecule has 0 spiro atoms. The summed E-state index contributed by atoms with van der Waals surface area (Å²) in [5.41, 5.74) is 1.21. The van der Waals surface area contributed by atoms with Crippen LogP contribution in [-0.2, 0) is 4.79 Å². The first-order chi connectivity index (χ1) is 10.3. The van der Waals surface area contributed by atoms with Crippen LogP contribution >= 0.6 is 0 Å². The molecular formula is C17H25N3O. The Hall–Kier alpha value is -1.58. The molecule has 2 fully saturated rings. The van der Waals surface area contributed by atoms with E-state index in [4.69, 9.17) is 0 Å². The SMILES string of the molecule is O=C(CCC1CCCC1)N1CCN(c2ccncc2)CC1. The number of carbonyl (C=O) groups is 1. The quantitative estimate of drug-likeness (QED) is 0.854. The summed E-state index contributed by atoms with van der Waals surface area (Å²) < 4.78 is 0. The maximum atomic E-state index is 12.3. The molecule has 4 nitrogen and oxygen atoms in total. The van der Waals surface area contributed by atoms with E-state index < -0.39 is 0 Å². The molecule has 4 heteroatoms. The van der Waals surface area contributed by atoms with Gasteiger partial charge in [0.05, 0.1) is 0 Å². The van der Waals surface area contributed by atoms with E-state index in [0.29, 0.717) is 5.91 Å². The number of hydrogen-bond donors (Lipinski definition) is 0. The lowest BCUT2D eigenvalue weighted by atomic mass is 10.0. The molecular weight excluding hydrogens is 262 g/mol. The smallest absolute Gasteiger partial charge is 0.222 e. The van der Waals surface area contributed by atoms with Crippen molar-refractivity contribution in [3.05, 3.63) is 24.5 Å². The first-order valence-electron chi connectivity index (χ1n) is 8.25. The van der Waals surface area contributed by atoms with Gasteiger partial charge in [-0.3, -0.25) is 9.78 Å². The van der Waals surface area contributed by atoms with E-state index in [-0.39, 0.29) is 0 Å². The van der Waals surface area contributed by atoms with Gasteiger partial charge in [-0.05, 0) is 24.5 Å². The molecule has 1 aliphatic heterocycles. The highest BCUT2D eigenvalue weighted by molar-refractivity contribution is 5.76. The number of piperazine rings is 1. The van der Waals surface area contributed by atoms with E-state index in [1.807, 2.05) is 29.4 Å². The summed E-state index contributed by atoms with van der Waals surface area (Å²) in [5, 5.41) is 0. The van der Waals surface area contributed by atoms with Gasteiger partial charge >= 0.3 is 0 Å². The van der Waals surface area contributed by atoms with Gasteiger partial charge in [0.15, 0.2) is 0 Å². The lowest BCUT2D eigenvalue weighted by Crippen LogP contribution is -2.48. The summed E-state index contributed by atoms with van der Waals surface area (Å²) >= 11 is 0. The average Bonchev–Trinajstić information content (AvgIpc) is 3.07. The number of aromatic nitrogens is 1. The largest absolute Gasteiger partial charge is 0.368 e. The molecule has 0 bridgehead atoms. The standard InChI is InChI=1S/C17H25N3O/c21-17(6-5-15-3-1-2-4-15)20-13-11-19(12-14-20)16-7-9-18-10-8-16/h7-10,15H,1-6,11-14H2. The predicted octanol–water partition coefficient (Wildman–Crippen LogP) is 2.70. The van der Waals surface area contributed by atoms with E-state index in [0.717, 1.165) is 44.9 Å². The topological polar surface area (TPSA) is 36.4 Å². The highest BCUT2D eigenvalue weighted by atomic mass is 16.2. The van der Waals surface area contributed by atoms with Crippen LogP contribution in [0.2, 0.25) is 0 Å². The fourth-order valence-electron chi connectivity index (χ4n) is 3.55. The molecule has 1 saturated carbocycles. The molecule has 3 rings (SSSR count). The Morgan fingerprint density at radius 1 is 1.10 bits per heavy atom. The van der Waals surface area contributed by atoms with E-state index in [1.54, 1.807) is 0 Å². The summed E-state index contributed by atoms with van der Waals surface area (Å²) in [6, 6.07) is 4.08. The minimum absolute atomic E-state index is 0.358. The van der Waals surface area contributed by atoms with Gasteiger partial charge in [0.1, 0.15) is 0 Å². The van der Waals surface area contributed by atoms with E-state index in [9.17, 15) is 4.79 Å². The summed E-state index contributed by atoms with van der Waals surface area (Å²) in [4.78, 5) is 20.7. The molecule has 1 aromatic rings. The lowest BCUT2D eigenvalue weighted by molar-refractivity contribution is -0.131. The maximum absolute atomic E-state index is 12.3. The second-order valence-electron chi connectivity index (χ2n) is 6.26. The Bertz CT molecular complexity index is 448. The number of pyridine rings is 1. The molecule has 0 radical (unpaired) electrons. The monoisotopic (exact) mass is 287 g/mol. The fraction of sp³-hybridized carbons (Fsp3) is 0.647. The molecule has 0 unspecified atom stereocenters. The van der Waals surface area contributed by atoms with Gasteiger partial charge < -0.3 is 9.80 Å². The normalized spacial score (nSPS) is 20.0. The van der Waals surface area contributed by atoms with Gasteiger partial charge in [-0.15, -0.1) is 0 Å². The highest BCUT2D eigenvalue weighted by Crippen LogP contribution is 2.28. The third kappa shape index (κ3) is 3.74. The van der Waals surface area contributed by atoms with Crippen LogP contribution in [0.25, 0.3) is 0 Å². The number of amides is 1. The minimum Gasteiger partial charge on any atom is -0.368 e. The van der Waals surface area contributed by atoms with Crippen molar-refractivity contribution in [3.63, 3.8) is 0 Å². The van der Waals surface area contributed by atoms with Crippen molar-refractivity contribution < 1.29 is 4.79 Å². The first-order valence-corrected chi connectivity index (χ1v) is 8.25. The molecule has 2 heterocycles. The van der Waals surface area contributed by atoms with Crippen molar-refractivity contribution in [3.8, 4) is 0 Å². The molecule has 1 aliphatic carbocycles. The summed E-state index contributed by atoms with van der Waals surface area (Å²) in [6.45, 7) is 3.57. The Labute approximate surface area is 127 Å².